The largest absolute Gasteiger partial charge is 0.354 e. The molecule has 8 aromatic carbocycles. The SMILES string of the molecule is N=C(/C(=C1\NC(c2ccccc2)=Cc2ccc(-c3cccc(-c4cccc(-c5cc(-c6ccccc6)nc(-c6ccccc6)n5)c4)c3)cc21)c1ccccc1)c1ccccc1. The van der Waals surface area contributed by atoms with Gasteiger partial charge in [-0.15, -0.1) is 0 Å². The van der Waals surface area contributed by atoms with Crippen LogP contribution in [-0.2, 0) is 0 Å². The summed E-state index contributed by atoms with van der Waals surface area (Å²) in [6.45, 7) is 0. The molecule has 10 rings (SSSR count). The first-order chi connectivity index (χ1) is 30.1. The van der Waals surface area contributed by atoms with Crippen LogP contribution < -0.4 is 5.32 Å². The number of fused-ring (bicyclic) bond motifs is 1. The smallest absolute Gasteiger partial charge is 0.160 e. The molecule has 2 N–H and O–H groups in total. The van der Waals surface area contributed by atoms with Gasteiger partial charge in [0, 0.05) is 39.1 Å². The zero-order valence-electron chi connectivity index (χ0n) is 33.3. The summed E-state index contributed by atoms with van der Waals surface area (Å²) < 4.78 is 0. The van der Waals surface area contributed by atoms with Gasteiger partial charge in [0.25, 0.3) is 0 Å². The number of aromatic nitrogens is 2. The molecule has 0 bridgehead atoms. The van der Waals surface area contributed by atoms with Crippen molar-refractivity contribution in [1.29, 1.82) is 5.41 Å². The summed E-state index contributed by atoms with van der Waals surface area (Å²) in [4.78, 5) is 10.1. The molecule has 0 saturated carbocycles. The van der Waals surface area contributed by atoms with Gasteiger partial charge < -0.3 is 5.32 Å². The monoisotopic (exact) mass is 780 g/mol. The maximum atomic E-state index is 9.68. The van der Waals surface area contributed by atoms with Crippen LogP contribution in [0.5, 0.6) is 0 Å². The third-order valence-electron chi connectivity index (χ3n) is 11.1. The Morgan fingerprint density at radius 2 is 0.836 bits per heavy atom. The second kappa shape index (κ2) is 16.6. The molecule has 0 fully saturated rings. The van der Waals surface area contributed by atoms with E-state index in [1.54, 1.807) is 0 Å². The van der Waals surface area contributed by atoms with Crippen LogP contribution in [0.15, 0.2) is 224 Å². The maximum Gasteiger partial charge on any atom is 0.160 e. The van der Waals surface area contributed by atoms with Crippen LogP contribution in [0.2, 0.25) is 0 Å². The Balaban J connectivity index is 1.07. The molecule has 0 unspecified atom stereocenters. The Bertz CT molecular complexity index is 3020. The molecule has 4 nitrogen and oxygen atoms in total. The van der Waals surface area contributed by atoms with Crippen LogP contribution >= 0.6 is 0 Å². The Kier molecular flexibility index (Phi) is 10.1. The quantitative estimate of drug-likeness (QED) is 0.143. The van der Waals surface area contributed by atoms with Crippen LogP contribution in [0.1, 0.15) is 27.8 Å². The zero-order valence-corrected chi connectivity index (χ0v) is 33.3. The van der Waals surface area contributed by atoms with Gasteiger partial charge in [0.2, 0.25) is 0 Å². The normalized spacial score (nSPS) is 12.8. The molecule has 61 heavy (non-hydrogen) atoms. The van der Waals surface area contributed by atoms with E-state index in [1.165, 1.54) is 0 Å². The van der Waals surface area contributed by atoms with Crippen molar-refractivity contribution in [1.82, 2.24) is 15.3 Å². The van der Waals surface area contributed by atoms with Crippen molar-refractivity contribution in [2.45, 2.75) is 0 Å². The van der Waals surface area contributed by atoms with Crippen LogP contribution in [0, 0.1) is 5.41 Å². The van der Waals surface area contributed by atoms with Gasteiger partial charge >= 0.3 is 0 Å². The van der Waals surface area contributed by atoms with Gasteiger partial charge in [-0.1, -0.05) is 200 Å². The van der Waals surface area contributed by atoms with E-state index in [4.69, 9.17) is 9.97 Å². The van der Waals surface area contributed by atoms with E-state index in [9.17, 15) is 5.41 Å². The summed E-state index contributed by atoms with van der Waals surface area (Å²) in [7, 11) is 0. The molecule has 0 radical (unpaired) electrons. The predicted molar refractivity (Wildman–Crippen MR) is 253 cm³/mol. The molecule has 0 saturated heterocycles. The van der Waals surface area contributed by atoms with Crippen molar-refractivity contribution in [2.75, 3.05) is 0 Å². The van der Waals surface area contributed by atoms with Crippen LogP contribution in [0.25, 0.3) is 79.2 Å². The first kappa shape index (κ1) is 37.1. The number of rotatable bonds is 9. The highest BCUT2D eigenvalue weighted by Gasteiger charge is 2.24. The lowest BCUT2D eigenvalue weighted by Crippen LogP contribution is -2.20. The van der Waals surface area contributed by atoms with Gasteiger partial charge in [-0.25, -0.2) is 9.97 Å². The van der Waals surface area contributed by atoms with Crippen molar-refractivity contribution in [2.24, 2.45) is 0 Å². The minimum absolute atomic E-state index is 0.456. The van der Waals surface area contributed by atoms with Gasteiger partial charge in [-0.2, -0.15) is 0 Å². The minimum Gasteiger partial charge on any atom is -0.354 e. The summed E-state index contributed by atoms with van der Waals surface area (Å²) in [5.74, 6) is 0.694. The Morgan fingerprint density at radius 3 is 1.44 bits per heavy atom. The summed E-state index contributed by atoms with van der Waals surface area (Å²) in [6.07, 6.45) is 2.22. The third-order valence-corrected chi connectivity index (χ3v) is 11.1. The average molecular weight is 781 g/mol. The Hall–Kier alpha value is -8.21. The Labute approximate surface area is 356 Å². The summed E-state index contributed by atoms with van der Waals surface area (Å²) >= 11 is 0. The molecule has 1 aromatic heterocycles. The third kappa shape index (κ3) is 7.74. The lowest BCUT2D eigenvalue weighted by Gasteiger charge is -2.27. The zero-order chi connectivity index (χ0) is 41.0. The second-order valence-electron chi connectivity index (χ2n) is 15.1. The molecular formula is C57H40N4. The van der Waals surface area contributed by atoms with E-state index < -0.39 is 0 Å². The van der Waals surface area contributed by atoms with E-state index in [0.717, 1.165) is 95.1 Å². The standard InChI is InChI=1S/C57H40N4/c58-55(42-24-12-4-13-25-42)54(41-22-10-3-11-23-41)56-50-36-47(32-33-48(50)37-51(59-56)39-18-6-1-7-19-39)45-29-16-28-44(34-45)46-30-17-31-49(35-46)53-38-52(40-20-8-2-9-21-40)60-57(61-53)43-26-14-5-15-27-43/h1-38,58-59H/b56-54-,58-55?. The highest BCUT2D eigenvalue weighted by atomic mass is 14.9. The summed E-state index contributed by atoms with van der Waals surface area (Å²) in [5.41, 5.74) is 17.4. The lowest BCUT2D eigenvalue weighted by molar-refractivity contribution is 1.18. The minimum atomic E-state index is 0.456. The predicted octanol–water partition coefficient (Wildman–Crippen LogP) is 13.8. The molecule has 1 aliphatic rings. The highest BCUT2D eigenvalue weighted by molar-refractivity contribution is 6.36. The first-order valence-corrected chi connectivity index (χ1v) is 20.5. The van der Waals surface area contributed by atoms with Gasteiger partial charge in [0.05, 0.1) is 22.8 Å². The van der Waals surface area contributed by atoms with Gasteiger partial charge in [0.15, 0.2) is 5.82 Å². The summed E-state index contributed by atoms with van der Waals surface area (Å²) in [6, 6.07) is 77.3. The van der Waals surface area contributed by atoms with E-state index in [-0.39, 0.29) is 0 Å². The number of allylic oxidation sites excluding steroid dienone is 1. The van der Waals surface area contributed by atoms with Crippen molar-refractivity contribution in [3.63, 3.8) is 0 Å². The average Bonchev–Trinajstić information content (AvgIpc) is 3.35. The maximum absolute atomic E-state index is 9.68. The fourth-order valence-electron chi connectivity index (χ4n) is 8.01. The molecule has 0 atom stereocenters. The molecule has 288 valence electrons. The van der Waals surface area contributed by atoms with Crippen molar-refractivity contribution < 1.29 is 0 Å². The number of hydrogen-bond donors (Lipinski definition) is 2. The molecule has 4 heteroatoms. The molecule has 1 aliphatic heterocycles. The number of nitrogens with one attached hydrogen (secondary N) is 2. The van der Waals surface area contributed by atoms with E-state index in [2.05, 4.69) is 145 Å². The van der Waals surface area contributed by atoms with Gasteiger partial charge in [-0.05, 0) is 69.3 Å². The van der Waals surface area contributed by atoms with Crippen LogP contribution in [0.3, 0.4) is 0 Å². The molecule has 9 aromatic rings. The number of nitrogens with zero attached hydrogens (tertiary/aromatic N) is 2. The fraction of sp³-hybridized carbons (Fsp3) is 0. The first-order valence-electron chi connectivity index (χ1n) is 20.5. The van der Waals surface area contributed by atoms with Crippen molar-refractivity contribution in [3.8, 4) is 56.2 Å². The van der Waals surface area contributed by atoms with E-state index in [1.807, 2.05) is 91.0 Å². The van der Waals surface area contributed by atoms with Gasteiger partial charge in [-0.3, -0.25) is 5.41 Å². The van der Waals surface area contributed by atoms with E-state index >= 15 is 0 Å². The molecular weight excluding hydrogens is 741 g/mol. The van der Waals surface area contributed by atoms with Crippen molar-refractivity contribution >= 4 is 28.8 Å². The second-order valence-corrected chi connectivity index (χ2v) is 15.1. The van der Waals surface area contributed by atoms with Crippen LogP contribution in [-0.4, -0.2) is 15.7 Å². The topological polar surface area (TPSA) is 61.7 Å². The van der Waals surface area contributed by atoms with Crippen LogP contribution in [0.4, 0.5) is 0 Å². The Morgan fingerprint density at radius 1 is 0.377 bits per heavy atom. The molecule has 2 heterocycles. The molecule has 0 aliphatic carbocycles. The van der Waals surface area contributed by atoms with Gasteiger partial charge in [0.1, 0.15) is 0 Å². The van der Waals surface area contributed by atoms with E-state index in [0.29, 0.717) is 11.5 Å². The molecule has 0 spiro atoms. The fourth-order valence-corrected chi connectivity index (χ4v) is 8.01. The summed E-state index contributed by atoms with van der Waals surface area (Å²) in [5, 5.41) is 13.5. The highest BCUT2D eigenvalue weighted by Crippen LogP contribution is 2.39. The number of hydrogen-bond acceptors (Lipinski definition) is 4. The van der Waals surface area contributed by atoms with Crippen molar-refractivity contribution in [3.05, 3.63) is 252 Å². The molecule has 0 amide bonds. The number of benzene rings is 8. The lowest BCUT2D eigenvalue weighted by atomic mass is 9.86.